The summed E-state index contributed by atoms with van der Waals surface area (Å²) >= 11 is 1.62. The lowest BCUT2D eigenvalue weighted by Gasteiger charge is -2.23. The molecule has 0 radical (unpaired) electrons. The average molecular weight is 328 g/mol. The molecule has 2 aromatic rings. The second-order valence-corrected chi connectivity index (χ2v) is 6.30. The minimum atomic E-state index is -0.431. The van der Waals surface area contributed by atoms with Gasteiger partial charge >= 0.3 is 0 Å². The lowest BCUT2D eigenvalue weighted by atomic mass is 9.99. The van der Waals surface area contributed by atoms with E-state index < -0.39 is 6.04 Å². The zero-order chi connectivity index (χ0) is 14.7. The number of halogens is 1. The van der Waals surface area contributed by atoms with Crippen molar-refractivity contribution in [2.75, 3.05) is 7.05 Å². The molecule has 2 unspecified atom stereocenters. The number of carbonyl (C=O) groups excluding carboxylic acids is 1. The van der Waals surface area contributed by atoms with Crippen LogP contribution in [0.1, 0.15) is 25.3 Å². The summed E-state index contributed by atoms with van der Waals surface area (Å²) in [6.45, 7) is 4.57. The van der Waals surface area contributed by atoms with Gasteiger partial charge in [0, 0.05) is 7.05 Å². The minimum absolute atomic E-state index is 0. The van der Waals surface area contributed by atoms with E-state index in [9.17, 15) is 4.79 Å². The molecule has 0 spiro atoms. The molecule has 4 nitrogen and oxygen atoms in total. The molecule has 0 fully saturated rings. The van der Waals surface area contributed by atoms with Gasteiger partial charge in [-0.05, 0) is 18.1 Å². The fourth-order valence-corrected chi connectivity index (χ4v) is 3.04. The quantitative estimate of drug-likeness (QED) is 0.918. The summed E-state index contributed by atoms with van der Waals surface area (Å²) in [4.78, 5) is 18.5. The minimum Gasteiger partial charge on any atom is -0.338 e. The average Bonchev–Trinajstić information content (AvgIpc) is 2.86. The number of aromatic nitrogens is 1. The maximum atomic E-state index is 12.2. The number of nitrogens with two attached hydrogens (primary N) is 1. The molecule has 1 aromatic heterocycles. The fourth-order valence-electron chi connectivity index (χ4n) is 2.02. The molecular formula is C15H22ClN3OS. The van der Waals surface area contributed by atoms with Crippen LogP contribution in [0.5, 0.6) is 0 Å². The predicted molar refractivity (Wildman–Crippen MR) is 90.8 cm³/mol. The maximum absolute atomic E-state index is 12.2. The molecule has 1 heterocycles. The first kappa shape index (κ1) is 17.9. The number of para-hydroxylation sites is 1. The summed E-state index contributed by atoms with van der Waals surface area (Å²) < 4.78 is 1.15. The highest BCUT2D eigenvalue weighted by molar-refractivity contribution is 7.18. The first-order valence-electron chi connectivity index (χ1n) is 6.88. The number of hydrogen-bond acceptors (Lipinski definition) is 4. The van der Waals surface area contributed by atoms with Crippen LogP contribution in [0.4, 0.5) is 0 Å². The van der Waals surface area contributed by atoms with E-state index in [1.54, 1.807) is 23.3 Å². The van der Waals surface area contributed by atoms with Gasteiger partial charge in [0.15, 0.2) is 0 Å². The number of nitrogens with zero attached hydrogens (tertiary/aromatic N) is 2. The summed E-state index contributed by atoms with van der Waals surface area (Å²) in [5.41, 5.74) is 6.98. The molecule has 2 N–H and O–H groups in total. The van der Waals surface area contributed by atoms with Crippen LogP contribution in [0.2, 0.25) is 0 Å². The van der Waals surface area contributed by atoms with Crippen molar-refractivity contribution in [3.63, 3.8) is 0 Å². The van der Waals surface area contributed by atoms with Crippen LogP contribution in [0.3, 0.4) is 0 Å². The number of fused-ring (bicyclic) bond motifs is 1. The van der Waals surface area contributed by atoms with E-state index in [-0.39, 0.29) is 24.2 Å². The Morgan fingerprint density at radius 1 is 1.43 bits per heavy atom. The number of amides is 1. The third-order valence-electron chi connectivity index (χ3n) is 3.63. The van der Waals surface area contributed by atoms with E-state index in [1.165, 1.54) is 0 Å². The maximum Gasteiger partial charge on any atom is 0.239 e. The molecule has 1 aromatic carbocycles. The van der Waals surface area contributed by atoms with Gasteiger partial charge in [0.2, 0.25) is 5.91 Å². The Morgan fingerprint density at radius 2 is 2.10 bits per heavy atom. The molecule has 6 heteroatoms. The molecule has 0 saturated carbocycles. The highest BCUT2D eigenvalue weighted by Crippen LogP contribution is 2.22. The van der Waals surface area contributed by atoms with Crippen LogP contribution in [-0.2, 0) is 11.3 Å². The molecule has 2 atom stereocenters. The molecule has 0 aliphatic rings. The molecule has 21 heavy (non-hydrogen) atoms. The molecule has 0 aliphatic heterocycles. The van der Waals surface area contributed by atoms with Gasteiger partial charge in [-0.3, -0.25) is 4.79 Å². The van der Waals surface area contributed by atoms with Gasteiger partial charge in [-0.15, -0.1) is 23.7 Å². The molecule has 116 valence electrons. The van der Waals surface area contributed by atoms with E-state index in [0.29, 0.717) is 6.54 Å². The lowest BCUT2D eigenvalue weighted by Crippen LogP contribution is -2.45. The molecular weight excluding hydrogens is 306 g/mol. The molecule has 0 aliphatic carbocycles. The summed E-state index contributed by atoms with van der Waals surface area (Å²) in [6, 6.07) is 7.57. The third kappa shape index (κ3) is 4.15. The Labute approximate surface area is 135 Å². The van der Waals surface area contributed by atoms with Crippen molar-refractivity contribution >= 4 is 39.9 Å². The Bertz CT molecular complexity index is 568. The summed E-state index contributed by atoms with van der Waals surface area (Å²) in [5.74, 6) is 0.180. The Balaban J connectivity index is 0.00000220. The van der Waals surface area contributed by atoms with Gasteiger partial charge in [-0.1, -0.05) is 32.4 Å². The highest BCUT2D eigenvalue weighted by Gasteiger charge is 2.23. The van der Waals surface area contributed by atoms with Gasteiger partial charge in [0.05, 0.1) is 22.8 Å². The van der Waals surface area contributed by atoms with Crippen LogP contribution in [-0.4, -0.2) is 28.9 Å². The smallest absolute Gasteiger partial charge is 0.239 e. The van der Waals surface area contributed by atoms with Gasteiger partial charge < -0.3 is 10.6 Å². The standard InChI is InChI=1S/C15H21N3OS.ClH/c1-4-10(2)14(16)15(19)18(3)9-13-17-11-7-5-6-8-12(11)20-13;/h5-8,10,14H,4,9,16H2,1-3H3;1H. The Hall–Kier alpha value is -1.17. The van der Waals surface area contributed by atoms with E-state index in [0.717, 1.165) is 21.6 Å². The van der Waals surface area contributed by atoms with Crippen molar-refractivity contribution in [1.29, 1.82) is 0 Å². The SMILES string of the molecule is CCC(C)C(N)C(=O)N(C)Cc1nc2ccccc2s1.Cl. The zero-order valence-electron chi connectivity index (χ0n) is 12.6. The molecule has 1 amide bonds. The number of likely N-dealkylation sites (N-methyl/N-ethyl adjacent to an activating group) is 1. The van der Waals surface area contributed by atoms with Gasteiger partial charge in [0.25, 0.3) is 0 Å². The number of thiazole rings is 1. The van der Waals surface area contributed by atoms with E-state index in [2.05, 4.69) is 4.98 Å². The van der Waals surface area contributed by atoms with Crippen molar-refractivity contribution in [1.82, 2.24) is 9.88 Å². The summed E-state index contributed by atoms with van der Waals surface area (Å²) in [7, 11) is 1.79. The van der Waals surface area contributed by atoms with Crippen molar-refractivity contribution in [2.24, 2.45) is 11.7 Å². The third-order valence-corrected chi connectivity index (χ3v) is 4.65. The largest absolute Gasteiger partial charge is 0.338 e. The second kappa shape index (κ2) is 7.73. The van der Waals surface area contributed by atoms with Crippen molar-refractivity contribution in [3.8, 4) is 0 Å². The number of hydrogen-bond donors (Lipinski definition) is 1. The van der Waals surface area contributed by atoms with Crippen LogP contribution < -0.4 is 5.73 Å². The van der Waals surface area contributed by atoms with Gasteiger partial charge in [-0.25, -0.2) is 4.98 Å². The zero-order valence-corrected chi connectivity index (χ0v) is 14.2. The number of carbonyl (C=O) groups is 1. The predicted octanol–water partition coefficient (Wildman–Crippen LogP) is 3.05. The Kier molecular flexibility index (Phi) is 6.58. The van der Waals surface area contributed by atoms with E-state index >= 15 is 0 Å². The van der Waals surface area contributed by atoms with E-state index in [4.69, 9.17) is 5.73 Å². The van der Waals surface area contributed by atoms with Crippen molar-refractivity contribution < 1.29 is 4.79 Å². The fraction of sp³-hybridized carbons (Fsp3) is 0.467. The topological polar surface area (TPSA) is 59.2 Å². The first-order valence-corrected chi connectivity index (χ1v) is 7.69. The van der Waals surface area contributed by atoms with Gasteiger partial charge in [0.1, 0.15) is 5.01 Å². The second-order valence-electron chi connectivity index (χ2n) is 5.18. The summed E-state index contributed by atoms with van der Waals surface area (Å²) in [5, 5.41) is 0.943. The van der Waals surface area contributed by atoms with Crippen LogP contribution >= 0.6 is 23.7 Å². The number of rotatable bonds is 5. The highest BCUT2D eigenvalue weighted by atomic mass is 35.5. The first-order chi connectivity index (χ1) is 9.52. The molecule has 0 saturated heterocycles. The molecule has 2 rings (SSSR count). The number of benzene rings is 1. The monoisotopic (exact) mass is 327 g/mol. The van der Waals surface area contributed by atoms with Crippen molar-refractivity contribution in [2.45, 2.75) is 32.9 Å². The van der Waals surface area contributed by atoms with Crippen molar-refractivity contribution in [3.05, 3.63) is 29.3 Å². The van der Waals surface area contributed by atoms with Crippen LogP contribution in [0.25, 0.3) is 10.2 Å². The van der Waals surface area contributed by atoms with Gasteiger partial charge in [-0.2, -0.15) is 0 Å². The lowest BCUT2D eigenvalue weighted by molar-refractivity contribution is -0.132. The Morgan fingerprint density at radius 3 is 2.71 bits per heavy atom. The van der Waals surface area contributed by atoms with Crippen LogP contribution in [0.15, 0.2) is 24.3 Å². The van der Waals surface area contributed by atoms with Crippen LogP contribution in [0, 0.1) is 5.92 Å². The normalized spacial score (nSPS) is 13.5. The van der Waals surface area contributed by atoms with E-state index in [1.807, 2.05) is 38.1 Å². The molecule has 0 bridgehead atoms. The summed E-state index contributed by atoms with van der Waals surface area (Å²) in [6.07, 6.45) is 0.905.